The molecule has 0 spiro atoms. The molecule has 2 aromatic rings. The quantitative estimate of drug-likeness (QED) is 0.450. The zero-order chi connectivity index (χ0) is 16.7. The number of carbonyl (C=O) groups is 2. The Morgan fingerprint density at radius 1 is 1.09 bits per heavy atom. The predicted octanol–water partition coefficient (Wildman–Crippen LogP) is 3.39. The third-order valence-electron chi connectivity index (χ3n) is 3.09. The third kappa shape index (κ3) is 5.00. The highest BCUT2D eigenvalue weighted by atomic mass is 16.3. The molecule has 2 rings (SSSR count). The van der Waals surface area contributed by atoms with Crippen LogP contribution in [0.1, 0.15) is 18.9 Å². The summed E-state index contributed by atoms with van der Waals surface area (Å²) in [6.45, 7) is 1.71. The van der Waals surface area contributed by atoms with E-state index in [0.717, 1.165) is 5.56 Å². The number of benzene rings is 2. The number of hydrogen-bond donors (Lipinski definition) is 3. The summed E-state index contributed by atoms with van der Waals surface area (Å²) in [5.74, 6) is -0.565. The molecule has 5 nitrogen and oxygen atoms in total. The monoisotopic (exact) mass is 310 g/mol. The summed E-state index contributed by atoms with van der Waals surface area (Å²) in [5, 5.41) is 15.0. The molecule has 0 aromatic heterocycles. The van der Waals surface area contributed by atoms with Gasteiger partial charge in [0.1, 0.15) is 5.75 Å². The molecule has 0 aliphatic carbocycles. The van der Waals surface area contributed by atoms with Crippen molar-refractivity contribution in [3.05, 3.63) is 60.2 Å². The van der Waals surface area contributed by atoms with Crippen LogP contribution < -0.4 is 10.6 Å². The number of anilines is 2. The first-order valence-electron chi connectivity index (χ1n) is 7.25. The number of carbonyl (C=O) groups excluding carboxylic acids is 2. The van der Waals surface area contributed by atoms with E-state index in [2.05, 4.69) is 10.6 Å². The van der Waals surface area contributed by atoms with Crippen LogP contribution in [0.5, 0.6) is 5.75 Å². The van der Waals surface area contributed by atoms with Crippen molar-refractivity contribution in [2.75, 3.05) is 10.6 Å². The molecule has 5 heteroatoms. The van der Waals surface area contributed by atoms with Crippen LogP contribution in [0.3, 0.4) is 0 Å². The van der Waals surface area contributed by atoms with Gasteiger partial charge in [-0.2, -0.15) is 0 Å². The van der Waals surface area contributed by atoms with Gasteiger partial charge in [-0.15, -0.1) is 0 Å². The van der Waals surface area contributed by atoms with Crippen LogP contribution in [-0.4, -0.2) is 16.9 Å². The van der Waals surface area contributed by atoms with E-state index in [1.165, 1.54) is 18.2 Å². The largest absolute Gasteiger partial charge is 0.506 e. The fourth-order valence-electron chi connectivity index (χ4n) is 1.87. The van der Waals surface area contributed by atoms with Gasteiger partial charge in [-0.3, -0.25) is 9.59 Å². The van der Waals surface area contributed by atoms with Crippen LogP contribution in [0, 0.1) is 0 Å². The summed E-state index contributed by atoms with van der Waals surface area (Å²) in [5.41, 5.74) is 1.67. The van der Waals surface area contributed by atoms with E-state index in [9.17, 15) is 14.7 Å². The van der Waals surface area contributed by atoms with Gasteiger partial charge in [0.05, 0.1) is 5.69 Å². The first-order chi connectivity index (χ1) is 11.1. The molecule has 0 radical (unpaired) electrons. The molecule has 0 atom stereocenters. The third-order valence-corrected chi connectivity index (χ3v) is 3.09. The van der Waals surface area contributed by atoms with Gasteiger partial charge in [0.15, 0.2) is 0 Å². The van der Waals surface area contributed by atoms with Crippen molar-refractivity contribution in [2.45, 2.75) is 13.3 Å². The highest BCUT2D eigenvalue weighted by Crippen LogP contribution is 2.26. The fourth-order valence-corrected chi connectivity index (χ4v) is 1.87. The minimum Gasteiger partial charge on any atom is -0.506 e. The highest BCUT2D eigenvalue weighted by molar-refractivity contribution is 6.02. The molecule has 23 heavy (non-hydrogen) atoms. The molecule has 0 unspecified atom stereocenters. The Bertz CT molecular complexity index is 724. The van der Waals surface area contributed by atoms with Gasteiger partial charge in [0, 0.05) is 18.2 Å². The van der Waals surface area contributed by atoms with Gasteiger partial charge in [0.25, 0.3) is 0 Å². The molecule has 0 heterocycles. The summed E-state index contributed by atoms with van der Waals surface area (Å²) in [4.78, 5) is 23.3. The number of aromatic hydroxyl groups is 1. The number of rotatable bonds is 5. The molecule has 0 aliphatic rings. The standard InChI is InChI=1S/C18H18N2O3/c1-2-17(22)20-15-12-14(9-10-16(15)21)19-18(23)11-8-13-6-4-3-5-7-13/h3-12,21H,2H2,1H3,(H,19,23)(H,20,22)/b11-8+. The first kappa shape index (κ1) is 16.3. The van der Waals surface area contributed by atoms with Gasteiger partial charge in [-0.05, 0) is 29.8 Å². The molecular formula is C18H18N2O3. The number of phenols is 1. The fraction of sp³-hybridized carbons (Fsp3) is 0.111. The maximum Gasteiger partial charge on any atom is 0.248 e. The van der Waals surface area contributed by atoms with E-state index in [1.807, 2.05) is 30.3 Å². The van der Waals surface area contributed by atoms with E-state index in [-0.39, 0.29) is 23.3 Å². The Morgan fingerprint density at radius 3 is 2.52 bits per heavy atom. The zero-order valence-electron chi connectivity index (χ0n) is 12.7. The number of hydrogen-bond acceptors (Lipinski definition) is 3. The van der Waals surface area contributed by atoms with E-state index in [1.54, 1.807) is 19.1 Å². The second-order valence-corrected chi connectivity index (χ2v) is 4.87. The Kier molecular flexibility index (Phi) is 5.52. The van der Waals surface area contributed by atoms with Gasteiger partial charge in [-0.25, -0.2) is 0 Å². The predicted molar refractivity (Wildman–Crippen MR) is 91.1 cm³/mol. The summed E-state index contributed by atoms with van der Waals surface area (Å²) in [6, 6.07) is 14.0. The molecule has 0 aliphatic heterocycles. The van der Waals surface area contributed by atoms with Crippen molar-refractivity contribution < 1.29 is 14.7 Å². The minimum atomic E-state index is -0.299. The second kappa shape index (κ2) is 7.79. The van der Waals surface area contributed by atoms with Gasteiger partial charge in [0.2, 0.25) is 11.8 Å². The van der Waals surface area contributed by atoms with E-state index in [4.69, 9.17) is 0 Å². The summed E-state index contributed by atoms with van der Waals surface area (Å²) in [6.07, 6.45) is 3.43. The van der Waals surface area contributed by atoms with Crippen molar-refractivity contribution in [2.24, 2.45) is 0 Å². The summed E-state index contributed by atoms with van der Waals surface area (Å²) in [7, 11) is 0. The van der Waals surface area contributed by atoms with E-state index in [0.29, 0.717) is 12.1 Å². The SMILES string of the molecule is CCC(=O)Nc1cc(NC(=O)/C=C/c2ccccc2)ccc1O. The molecule has 2 amide bonds. The Balaban J connectivity index is 2.05. The molecule has 0 bridgehead atoms. The second-order valence-electron chi connectivity index (χ2n) is 4.87. The molecule has 118 valence electrons. The van der Waals surface area contributed by atoms with E-state index < -0.39 is 0 Å². The zero-order valence-corrected chi connectivity index (χ0v) is 12.7. The lowest BCUT2D eigenvalue weighted by molar-refractivity contribution is -0.116. The first-order valence-corrected chi connectivity index (χ1v) is 7.25. The lowest BCUT2D eigenvalue weighted by Crippen LogP contribution is -2.11. The average Bonchev–Trinajstić information content (AvgIpc) is 2.57. The number of amides is 2. The molecule has 2 aromatic carbocycles. The lowest BCUT2D eigenvalue weighted by atomic mass is 10.2. The average molecular weight is 310 g/mol. The molecule has 3 N–H and O–H groups in total. The van der Waals surface area contributed by atoms with Crippen LogP contribution in [0.2, 0.25) is 0 Å². The Hall–Kier alpha value is -3.08. The summed E-state index contributed by atoms with van der Waals surface area (Å²) < 4.78 is 0. The van der Waals surface area contributed by atoms with Gasteiger partial charge in [-0.1, -0.05) is 37.3 Å². The normalized spacial score (nSPS) is 10.5. The van der Waals surface area contributed by atoms with Crippen LogP contribution in [-0.2, 0) is 9.59 Å². The van der Waals surface area contributed by atoms with Crippen molar-refractivity contribution in [3.8, 4) is 5.75 Å². The maximum atomic E-state index is 11.9. The topological polar surface area (TPSA) is 78.4 Å². The van der Waals surface area contributed by atoms with Crippen molar-refractivity contribution in [1.29, 1.82) is 0 Å². The van der Waals surface area contributed by atoms with Gasteiger partial charge >= 0.3 is 0 Å². The molecule has 0 saturated heterocycles. The maximum absolute atomic E-state index is 11.9. The highest BCUT2D eigenvalue weighted by Gasteiger charge is 2.07. The lowest BCUT2D eigenvalue weighted by Gasteiger charge is -2.09. The van der Waals surface area contributed by atoms with Crippen LogP contribution in [0.25, 0.3) is 6.08 Å². The molecule has 0 fully saturated rings. The van der Waals surface area contributed by atoms with Crippen LogP contribution in [0.15, 0.2) is 54.6 Å². The van der Waals surface area contributed by atoms with Crippen molar-refractivity contribution in [3.63, 3.8) is 0 Å². The van der Waals surface area contributed by atoms with E-state index >= 15 is 0 Å². The molecule has 0 saturated carbocycles. The number of nitrogens with one attached hydrogen (secondary N) is 2. The smallest absolute Gasteiger partial charge is 0.248 e. The minimum absolute atomic E-state index is 0.0513. The van der Waals surface area contributed by atoms with Crippen LogP contribution >= 0.6 is 0 Å². The van der Waals surface area contributed by atoms with Crippen molar-refractivity contribution in [1.82, 2.24) is 0 Å². The van der Waals surface area contributed by atoms with Crippen molar-refractivity contribution >= 4 is 29.3 Å². The van der Waals surface area contributed by atoms with Crippen LogP contribution in [0.4, 0.5) is 11.4 Å². The Labute approximate surface area is 134 Å². The molecular weight excluding hydrogens is 292 g/mol. The summed E-state index contributed by atoms with van der Waals surface area (Å²) >= 11 is 0. The Morgan fingerprint density at radius 2 is 1.83 bits per heavy atom. The van der Waals surface area contributed by atoms with Gasteiger partial charge < -0.3 is 15.7 Å². The number of phenolic OH excluding ortho intramolecular Hbond substituents is 1.